The van der Waals surface area contributed by atoms with E-state index in [0.717, 1.165) is 14.8 Å². The number of rotatable bonds is 5. The van der Waals surface area contributed by atoms with Crippen LogP contribution in [0.5, 0.6) is 0 Å². The van der Waals surface area contributed by atoms with E-state index in [2.05, 4.69) is 27.9 Å². The summed E-state index contributed by atoms with van der Waals surface area (Å²) >= 11 is 8.07. The van der Waals surface area contributed by atoms with Crippen LogP contribution in [-0.2, 0) is 4.79 Å². The van der Waals surface area contributed by atoms with Gasteiger partial charge < -0.3 is 10.4 Å². The summed E-state index contributed by atoms with van der Waals surface area (Å²) in [6.07, 6.45) is 0. The SMILES string of the molecule is O=C(O)C(CNc1ccc(Cl)cc1I)c1ccccc1. The van der Waals surface area contributed by atoms with Gasteiger partial charge in [-0.1, -0.05) is 41.9 Å². The van der Waals surface area contributed by atoms with Crippen molar-refractivity contribution < 1.29 is 9.90 Å². The van der Waals surface area contributed by atoms with Crippen molar-refractivity contribution >= 4 is 45.8 Å². The molecule has 2 aromatic rings. The second-order valence-corrected chi connectivity index (χ2v) is 5.91. The fraction of sp³-hybridized carbons (Fsp3) is 0.133. The molecule has 0 fully saturated rings. The largest absolute Gasteiger partial charge is 0.481 e. The molecular formula is C15H13ClINO2. The van der Waals surface area contributed by atoms with E-state index in [4.69, 9.17) is 11.6 Å². The number of anilines is 1. The zero-order valence-electron chi connectivity index (χ0n) is 10.5. The summed E-state index contributed by atoms with van der Waals surface area (Å²) in [6.45, 7) is 0.330. The summed E-state index contributed by atoms with van der Waals surface area (Å²) in [6, 6.07) is 14.7. The zero-order valence-corrected chi connectivity index (χ0v) is 13.4. The smallest absolute Gasteiger partial charge is 0.312 e. The van der Waals surface area contributed by atoms with Gasteiger partial charge in [0.15, 0.2) is 0 Å². The van der Waals surface area contributed by atoms with Gasteiger partial charge in [-0.15, -0.1) is 0 Å². The molecule has 0 saturated carbocycles. The molecule has 0 aromatic heterocycles. The van der Waals surface area contributed by atoms with Gasteiger partial charge in [0.25, 0.3) is 0 Å². The quantitative estimate of drug-likeness (QED) is 0.737. The van der Waals surface area contributed by atoms with E-state index >= 15 is 0 Å². The summed E-state index contributed by atoms with van der Waals surface area (Å²) in [7, 11) is 0. The topological polar surface area (TPSA) is 49.3 Å². The van der Waals surface area contributed by atoms with E-state index < -0.39 is 11.9 Å². The Morgan fingerprint density at radius 1 is 1.25 bits per heavy atom. The normalized spacial score (nSPS) is 11.9. The lowest BCUT2D eigenvalue weighted by molar-refractivity contribution is -0.138. The molecule has 0 aliphatic carbocycles. The van der Waals surface area contributed by atoms with E-state index in [1.165, 1.54) is 0 Å². The van der Waals surface area contributed by atoms with E-state index in [1.807, 2.05) is 42.5 Å². The Kier molecular flexibility index (Phi) is 5.25. The molecule has 0 saturated heterocycles. The molecule has 104 valence electrons. The van der Waals surface area contributed by atoms with Crippen molar-refractivity contribution in [2.45, 2.75) is 5.92 Å². The number of nitrogens with one attached hydrogen (secondary N) is 1. The van der Waals surface area contributed by atoms with Gasteiger partial charge in [0.05, 0.1) is 5.92 Å². The van der Waals surface area contributed by atoms with Gasteiger partial charge in [0, 0.05) is 20.8 Å². The average Bonchev–Trinajstić information content (AvgIpc) is 2.42. The first kappa shape index (κ1) is 15.1. The number of halogens is 2. The maximum atomic E-state index is 11.4. The summed E-state index contributed by atoms with van der Waals surface area (Å²) in [5.74, 6) is -1.42. The number of carboxylic acids is 1. The minimum absolute atomic E-state index is 0.330. The molecule has 2 rings (SSSR count). The molecule has 0 spiro atoms. The van der Waals surface area contributed by atoms with Gasteiger partial charge in [0.2, 0.25) is 0 Å². The second-order valence-electron chi connectivity index (χ2n) is 4.31. The summed E-state index contributed by atoms with van der Waals surface area (Å²) in [4.78, 5) is 11.4. The Labute approximate surface area is 136 Å². The third-order valence-corrected chi connectivity index (χ3v) is 4.06. The van der Waals surface area contributed by atoms with Crippen LogP contribution in [0.15, 0.2) is 48.5 Å². The fourth-order valence-corrected chi connectivity index (χ4v) is 2.94. The molecule has 1 atom stereocenters. The van der Waals surface area contributed by atoms with Gasteiger partial charge >= 0.3 is 5.97 Å². The molecule has 3 nitrogen and oxygen atoms in total. The van der Waals surface area contributed by atoms with E-state index in [9.17, 15) is 9.90 Å². The molecule has 5 heteroatoms. The number of carbonyl (C=O) groups is 1. The van der Waals surface area contributed by atoms with Crippen molar-refractivity contribution in [1.82, 2.24) is 0 Å². The third kappa shape index (κ3) is 3.86. The van der Waals surface area contributed by atoms with Crippen LogP contribution in [0.2, 0.25) is 5.02 Å². The maximum Gasteiger partial charge on any atom is 0.312 e. The number of aliphatic carboxylic acids is 1. The minimum atomic E-state index is -0.840. The molecule has 0 aliphatic rings. The molecular weight excluding hydrogens is 389 g/mol. The number of hydrogen-bond acceptors (Lipinski definition) is 2. The molecule has 0 radical (unpaired) electrons. The first-order valence-electron chi connectivity index (χ1n) is 6.04. The standard InChI is InChI=1S/C15H13ClINO2/c16-11-6-7-14(13(17)8-11)18-9-12(15(19)20)10-4-2-1-3-5-10/h1-8,12,18H,9H2,(H,19,20). The minimum Gasteiger partial charge on any atom is -0.481 e. The van der Waals surface area contributed by atoms with Crippen LogP contribution in [-0.4, -0.2) is 17.6 Å². The van der Waals surface area contributed by atoms with Crippen LogP contribution in [0, 0.1) is 3.57 Å². The second kappa shape index (κ2) is 6.95. The number of benzene rings is 2. The lowest BCUT2D eigenvalue weighted by Crippen LogP contribution is -2.21. The van der Waals surface area contributed by atoms with Crippen molar-refractivity contribution in [2.75, 3.05) is 11.9 Å². The Hall–Kier alpha value is -1.27. The molecule has 0 bridgehead atoms. The highest BCUT2D eigenvalue weighted by atomic mass is 127. The summed E-state index contributed by atoms with van der Waals surface area (Å²) in [5.41, 5.74) is 1.67. The lowest BCUT2D eigenvalue weighted by Gasteiger charge is -2.15. The highest BCUT2D eigenvalue weighted by Crippen LogP contribution is 2.24. The van der Waals surface area contributed by atoms with Crippen molar-refractivity contribution in [3.05, 3.63) is 62.7 Å². The van der Waals surface area contributed by atoms with Crippen molar-refractivity contribution in [2.24, 2.45) is 0 Å². The molecule has 2 aromatic carbocycles. The Balaban J connectivity index is 2.12. The molecule has 1 unspecified atom stereocenters. The number of carboxylic acid groups (broad SMARTS) is 1. The summed E-state index contributed by atoms with van der Waals surface area (Å²) < 4.78 is 0.965. The van der Waals surface area contributed by atoms with E-state index in [0.29, 0.717) is 11.6 Å². The van der Waals surface area contributed by atoms with Crippen LogP contribution < -0.4 is 5.32 Å². The monoisotopic (exact) mass is 401 g/mol. The van der Waals surface area contributed by atoms with Crippen LogP contribution in [0.25, 0.3) is 0 Å². The fourth-order valence-electron chi connectivity index (χ4n) is 1.88. The van der Waals surface area contributed by atoms with Gasteiger partial charge in [0.1, 0.15) is 0 Å². The number of hydrogen-bond donors (Lipinski definition) is 2. The van der Waals surface area contributed by atoms with Crippen molar-refractivity contribution in [3.63, 3.8) is 0 Å². The lowest BCUT2D eigenvalue weighted by atomic mass is 9.99. The predicted molar refractivity (Wildman–Crippen MR) is 89.5 cm³/mol. The molecule has 0 amide bonds. The Morgan fingerprint density at radius 2 is 1.95 bits per heavy atom. The van der Waals surface area contributed by atoms with Crippen LogP contribution >= 0.6 is 34.2 Å². The van der Waals surface area contributed by atoms with Crippen molar-refractivity contribution in [1.29, 1.82) is 0 Å². The van der Waals surface area contributed by atoms with Crippen LogP contribution in [0.4, 0.5) is 5.69 Å². The molecule has 2 N–H and O–H groups in total. The van der Waals surface area contributed by atoms with Crippen LogP contribution in [0.3, 0.4) is 0 Å². The summed E-state index contributed by atoms with van der Waals surface area (Å²) in [5, 5.41) is 13.2. The zero-order chi connectivity index (χ0) is 14.5. The van der Waals surface area contributed by atoms with Crippen LogP contribution in [0.1, 0.15) is 11.5 Å². The van der Waals surface area contributed by atoms with Gasteiger partial charge in [-0.25, -0.2) is 0 Å². The first-order valence-corrected chi connectivity index (χ1v) is 7.50. The highest BCUT2D eigenvalue weighted by molar-refractivity contribution is 14.1. The van der Waals surface area contributed by atoms with Crippen molar-refractivity contribution in [3.8, 4) is 0 Å². The first-order chi connectivity index (χ1) is 9.58. The highest BCUT2D eigenvalue weighted by Gasteiger charge is 2.19. The maximum absolute atomic E-state index is 11.4. The average molecular weight is 402 g/mol. The van der Waals surface area contributed by atoms with E-state index in [-0.39, 0.29) is 0 Å². The molecule has 0 aliphatic heterocycles. The molecule has 0 heterocycles. The van der Waals surface area contributed by atoms with Gasteiger partial charge in [-0.3, -0.25) is 4.79 Å². The third-order valence-electron chi connectivity index (χ3n) is 2.93. The molecule has 20 heavy (non-hydrogen) atoms. The van der Waals surface area contributed by atoms with Gasteiger partial charge in [-0.2, -0.15) is 0 Å². The Morgan fingerprint density at radius 3 is 2.55 bits per heavy atom. The predicted octanol–water partition coefficient (Wildman–Crippen LogP) is 4.22. The van der Waals surface area contributed by atoms with E-state index in [1.54, 1.807) is 6.07 Å². The van der Waals surface area contributed by atoms with Gasteiger partial charge in [-0.05, 0) is 46.4 Å². The Bertz CT molecular complexity index is 604.